The number of furan rings is 1. The smallest absolute Gasteiger partial charge is 0.248 e. The van der Waals surface area contributed by atoms with Crippen LogP contribution in [0, 0.1) is 0 Å². The average molecular weight is 269 g/mol. The molecule has 1 amide bonds. The normalized spacial score (nSPS) is 11.8. The van der Waals surface area contributed by atoms with Crippen molar-refractivity contribution in [2.45, 2.75) is 26.2 Å². The monoisotopic (exact) mass is 269 g/mol. The fourth-order valence-electron chi connectivity index (χ4n) is 1.78. The molecule has 2 rings (SSSR count). The Morgan fingerprint density at radius 2 is 1.85 bits per heavy atom. The van der Waals surface area contributed by atoms with Crippen LogP contribution in [0.3, 0.4) is 0 Å². The molecule has 104 valence electrons. The molecule has 0 saturated heterocycles. The van der Waals surface area contributed by atoms with E-state index in [2.05, 4.69) is 26.1 Å². The molecule has 20 heavy (non-hydrogen) atoms. The van der Waals surface area contributed by atoms with E-state index in [4.69, 9.17) is 4.42 Å². The zero-order valence-electron chi connectivity index (χ0n) is 12.0. The molecule has 0 aliphatic carbocycles. The van der Waals surface area contributed by atoms with Crippen LogP contribution in [0.5, 0.6) is 0 Å². The van der Waals surface area contributed by atoms with Crippen LogP contribution in [-0.2, 0) is 10.2 Å². The van der Waals surface area contributed by atoms with Crippen molar-refractivity contribution in [2.75, 3.05) is 5.32 Å². The van der Waals surface area contributed by atoms with Crippen molar-refractivity contribution in [1.29, 1.82) is 0 Å². The van der Waals surface area contributed by atoms with Gasteiger partial charge in [0.15, 0.2) is 0 Å². The highest BCUT2D eigenvalue weighted by molar-refractivity contribution is 6.01. The Bertz CT molecular complexity index is 587. The maximum atomic E-state index is 11.7. The first-order valence-corrected chi connectivity index (χ1v) is 6.58. The van der Waals surface area contributed by atoms with Gasteiger partial charge in [-0.3, -0.25) is 4.79 Å². The van der Waals surface area contributed by atoms with Gasteiger partial charge in [-0.2, -0.15) is 0 Å². The van der Waals surface area contributed by atoms with Gasteiger partial charge in [0, 0.05) is 11.8 Å². The van der Waals surface area contributed by atoms with Crippen molar-refractivity contribution in [3.8, 4) is 0 Å². The van der Waals surface area contributed by atoms with Crippen molar-refractivity contribution in [2.24, 2.45) is 0 Å². The maximum Gasteiger partial charge on any atom is 0.248 e. The summed E-state index contributed by atoms with van der Waals surface area (Å²) in [6.45, 7) is 6.48. The van der Waals surface area contributed by atoms with Gasteiger partial charge < -0.3 is 9.73 Å². The lowest BCUT2D eigenvalue weighted by Crippen LogP contribution is -2.12. The predicted octanol–water partition coefficient (Wildman–Crippen LogP) is 4.23. The van der Waals surface area contributed by atoms with Gasteiger partial charge in [-0.25, -0.2) is 0 Å². The van der Waals surface area contributed by atoms with Gasteiger partial charge in [-0.15, -0.1) is 0 Å². The molecule has 0 atom stereocenters. The van der Waals surface area contributed by atoms with Crippen LogP contribution < -0.4 is 5.32 Å². The largest absolute Gasteiger partial charge is 0.465 e. The van der Waals surface area contributed by atoms with Crippen molar-refractivity contribution < 1.29 is 9.21 Å². The second-order valence-electron chi connectivity index (χ2n) is 5.67. The molecular weight excluding hydrogens is 250 g/mol. The number of rotatable bonds is 3. The van der Waals surface area contributed by atoms with E-state index < -0.39 is 0 Å². The van der Waals surface area contributed by atoms with Crippen molar-refractivity contribution in [3.05, 3.63) is 60.1 Å². The van der Waals surface area contributed by atoms with E-state index in [1.807, 2.05) is 24.3 Å². The summed E-state index contributed by atoms with van der Waals surface area (Å²) >= 11 is 0. The Balaban J connectivity index is 1.98. The van der Waals surface area contributed by atoms with Crippen molar-refractivity contribution in [1.82, 2.24) is 0 Å². The molecule has 1 aromatic heterocycles. The fourth-order valence-corrected chi connectivity index (χ4v) is 1.78. The van der Waals surface area contributed by atoms with E-state index >= 15 is 0 Å². The highest BCUT2D eigenvalue weighted by Crippen LogP contribution is 2.23. The van der Waals surface area contributed by atoms with Crippen LogP contribution >= 0.6 is 0 Å². The first kappa shape index (κ1) is 14.1. The summed E-state index contributed by atoms with van der Waals surface area (Å²) in [5.41, 5.74) is 2.13. The van der Waals surface area contributed by atoms with E-state index in [0.29, 0.717) is 5.76 Å². The third-order valence-electron chi connectivity index (χ3n) is 2.96. The zero-order chi connectivity index (χ0) is 14.6. The number of benzene rings is 1. The van der Waals surface area contributed by atoms with E-state index in [0.717, 1.165) is 5.69 Å². The molecule has 0 saturated carbocycles. The van der Waals surface area contributed by atoms with E-state index in [1.165, 1.54) is 11.6 Å². The molecule has 0 radical (unpaired) electrons. The molecular formula is C17H19NO2. The zero-order valence-corrected chi connectivity index (χ0v) is 12.0. The number of anilines is 1. The molecule has 2 aromatic rings. The number of hydrogen-bond donors (Lipinski definition) is 1. The fraction of sp³-hybridized carbons (Fsp3) is 0.235. The number of amides is 1. The van der Waals surface area contributed by atoms with Crippen LogP contribution in [-0.4, -0.2) is 5.91 Å². The highest BCUT2D eigenvalue weighted by Gasteiger charge is 2.12. The minimum absolute atomic E-state index is 0.113. The quantitative estimate of drug-likeness (QED) is 0.847. The topological polar surface area (TPSA) is 42.2 Å². The van der Waals surface area contributed by atoms with Crippen molar-refractivity contribution >= 4 is 17.7 Å². The van der Waals surface area contributed by atoms with Gasteiger partial charge in [0.25, 0.3) is 0 Å². The summed E-state index contributed by atoms with van der Waals surface area (Å²) in [7, 11) is 0. The van der Waals surface area contributed by atoms with Gasteiger partial charge in [-0.1, -0.05) is 32.9 Å². The second kappa shape index (κ2) is 5.78. The van der Waals surface area contributed by atoms with Crippen LogP contribution in [0.1, 0.15) is 32.1 Å². The molecule has 1 heterocycles. The Hall–Kier alpha value is -2.29. The molecule has 0 bridgehead atoms. The number of hydrogen-bond acceptors (Lipinski definition) is 2. The third kappa shape index (κ3) is 3.85. The number of carbonyl (C=O) groups excluding carboxylic acids is 1. The summed E-state index contributed by atoms with van der Waals surface area (Å²) in [6, 6.07) is 11.5. The first-order valence-electron chi connectivity index (χ1n) is 6.58. The number of carbonyl (C=O) groups is 1. The van der Waals surface area contributed by atoms with Crippen LogP contribution in [0.25, 0.3) is 6.08 Å². The molecule has 1 aromatic carbocycles. The molecule has 3 nitrogen and oxygen atoms in total. The summed E-state index contributed by atoms with van der Waals surface area (Å²) in [4.78, 5) is 11.7. The van der Waals surface area contributed by atoms with Gasteiger partial charge >= 0.3 is 0 Å². The molecule has 1 N–H and O–H groups in total. The molecule has 0 aliphatic rings. The van der Waals surface area contributed by atoms with E-state index in [-0.39, 0.29) is 11.3 Å². The lowest BCUT2D eigenvalue weighted by Gasteiger charge is -2.19. The first-order chi connectivity index (χ1) is 9.45. The summed E-state index contributed by atoms with van der Waals surface area (Å²) in [6.07, 6.45) is 4.66. The van der Waals surface area contributed by atoms with E-state index in [9.17, 15) is 4.79 Å². The molecule has 0 aliphatic heterocycles. The molecule has 0 spiro atoms. The van der Waals surface area contributed by atoms with Crippen LogP contribution in [0.15, 0.2) is 53.2 Å². The van der Waals surface area contributed by atoms with Gasteiger partial charge in [0.2, 0.25) is 5.91 Å². The standard InChI is InChI=1S/C17H19NO2/c1-17(2,3)13-6-8-14(9-7-13)18-16(19)11-10-15-5-4-12-20-15/h4-12H,1-3H3,(H,18,19). The summed E-state index contributed by atoms with van der Waals surface area (Å²) in [5, 5.41) is 2.82. The van der Waals surface area contributed by atoms with E-state index in [1.54, 1.807) is 24.5 Å². The molecule has 3 heteroatoms. The van der Waals surface area contributed by atoms with Crippen LogP contribution in [0.2, 0.25) is 0 Å². The Morgan fingerprint density at radius 1 is 1.15 bits per heavy atom. The summed E-state index contributed by atoms with van der Waals surface area (Å²) < 4.78 is 5.12. The SMILES string of the molecule is CC(C)(C)c1ccc(NC(=O)C=Cc2ccco2)cc1. The third-order valence-corrected chi connectivity index (χ3v) is 2.96. The van der Waals surface area contributed by atoms with Crippen LogP contribution in [0.4, 0.5) is 5.69 Å². The number of nitrogens with one attached hydrogen (secondary N) is 1. The van der Waals surface area contributed by atoms with Crippen molar-refractivity contribution in [3.63, 3.8) is 0 Å². The minimum atomic E-state index is -0.176. The second-order valence-corrected chi connectivity index (χ2v) is 5.67. The minimum Gasteiger partial charge on any atom is -0.465 e. The highest BCUT2D eigenvalue weighted by atomic mass is 16.3. The maximum absolute atomic E-state index is 11.7. The Morgan fingerprint density at radius 3 is 2.40 bits per heavy atom. The van der Waals surface area contributed by atoms with Gasteiger partial charge in [0.05, 0.1) is 6.26 Å². The van der Waals surface area contributed by atoms with Gasteiger partial charge in [-0.05, 0) is 41.3 Å². The average Bonchev–Trinajstić information content (AvgIpc) is 2.89. The predicted molar refractivity (Wildman–Crippen MR) is 81.5 cm³/mol. The molecule has 0 unspecified atom stereocenters. The Labute approximate surface area is 119 Å². The Kier molecular flexibility index (Phi) is 4.08. The lowest BCUT2D eigenvalue weighted by atomic mass is 9.87. The molecule has 0 fully saturated rings. The van der Waals surface area contributed by atoms with Gasteiger partial charge in [0.1, 0.15) is 5.76 Å². The summed E-state index contributed by atoms with van der Waals surface area (Å²) in [5.74, 6) is 0.480. The lowest BCUT2D eigenvalue weighted by molar-refractivity contribution is -0.111.